The van der Waals surface area contributed by atoms with E-state index >= 15 is 0 Å². The molecule has 25 heavy (non-hydrogen) atoms. The lowest BCUT2D eigenvalue weighted by Gasteiger charge is -2.20. The number of benzene rings is 1. The second-order valence-electron chi connectivity index (χ2n) is 7.39. The molecule has 0 saturated heterocycles. The molecule has 1 amide bonds. The van der Waals surface area contributed by atoms with Gasteiger partial charge in [-0.3, -0.25) is 4.79 Å². The third-order valence-electron chi connectivity index (χ3n) is 3.92. The van der Waals surface area contributed by atoms with Crippen LogP contribution in [-0.4, -0.2) is 37.0 Å². The first-order valence-corrected chi connectivity index (χ1v) is 8.77. The highest BCUT2D eigenvalue weighted by Gasteiger charge is 2.37. The Morgan fingerprint density at radius 2 is 1.88 bits per heavy atom. The Kier molecular flexibility index (Phi) is 8.68. The van der Waals surface area contributed by atoms with E-state index in [0.717, 1.165) is 13.1 Å². The van der Waals surface area contributed by atoms with Gasteiger partial charge in [-0.05, 0) is 51.5 Å². The molecule has 1 aromatic carbocycles. The molecule has 140 valence electrons. The number of hydrogen-bond acceptors (Lipinski definition) is 2. The largest absolute Gasteiger partial charge is 0.357 e. The van der Waals surface area contributed by atoms with Crippen molar-refractivity contribution in [1.82, 2.24) is 16.0 Å². The van der Waals surface area contributed by atoms with Crippen LogP contribution in [0.15, 0.2) is 35.3 Å². The Labute approximate surface area is 168 Å². The molecular weight excluding hydrogens is 427 g/mol. The molecule has 1 saturated carbocycles. The highest BCUT2D eigenvalue weighted by atomic mass is 127. The summed E-state index contributed by atoms with van der Waals surface area (Å²) < 4.78 is 0. The van der Waals surface area contributed by atoms with Crippen molar-refractivity contribution in [3.05, 3.63) is 35.9 Å². The summed E-state index contributed by atoms with van der Waals surface area (Å²) >= 11 is 0. The first-order valence-electron chi connectivity index (χ1n) is 8.77. The molecule has 0 bridgehead atoms. The maximum atomic E-state index is 11.9. The van der Waals surface area contributed by atoms with Gasteiger partial charge in [-0.15, -0.1) is 24.0 Å². The van der Waals surface area contributed by atoms with Gasteiger partial charge >= 0.3 is 0 Å². The van der Waals surface area contributed by atoms with Crippen LogP contribution in [0.3, 0.4) is 0 Å². The fourth-order valence-electron chi connectivity index (χ4n) is 2.76. The van der Waals surface area contributed by atoms with Gasteiger partial charge in [0.1, 0.15) is 6.54 Å². The van der Waals surface area contributed by atoms with Gasteiger partial charge in [0, 0.05) is 18.6 Å². The standard InChI is InChI=1S/C19H30N4O.HI/c1-5-20-18(22-13-17(24)23-19(2,3)4)21-12-15-11-16(15)14-9-7-6-8-10-14;/h6-10,15-16H,5,11-13H2,1-4H3,(H,23,24)(H2,20,21,22);1H. The van der Waals surface area contributed by atoms with Gasteiger partial charge in [0.15, 0.2) is 5.96 Å². The average Bonchev–Trinajstić information content (AvgIpc) is 3.29. The molecule has 2 unspecified atom stereocenters. The highest BCUT2D eigenvalue weighted by molar-refractivity contribution is 14.0. The topological polar surface area (TPSA) is 65.5 Å². The number of halogens is 1. The van der Waals surface area contributed by atoms with Crippen LogP contribution in [0, 0.1) is 5.92 Å². The number of guanidine groups is 1. The number of aliphatic imine (C=N–C) groups is 1. The minimum Gasteiger partial charge on any atom is -0.357 e. The van der Waals surface area contributed by atoms with Gasteiger partial charge in [-0.1, -0.05) is 30.3 Å². The molecule has 0 aromatic heterocycles. The quantitative estimate of drug-likeness (QED) is 0.349. The lowest BCUT2D eigenvalue weighted by atomic mass is 10.1. The van der Waals surface area contributed by atoms with Crippen LogP contribution in [0.2, 0.25) is 0 Å². The molecule has 1 aliphatic rings. The van der Waals surface area contributed by atoms with E-state index in [1.54, 1.807) is 0 Å². The fraction of sp³-hybridized carbons (Fsp3) is 0.579. The van der Waals surface area contributed by atoms with Crippen LogP contribution in [0.5, 0.6) is 0 Å². The number of nitrogens with one attached hydrogen (secondary N) is 3. The molecule has 1 aromatic rings. The van der Waals surface area contributed by atoms with Gasteiger partial charge in [0.05, 0.1) is 0 Å². The molecule has 2 rings (SSSR count). The lowest BCUT2D eigenvalue weighted by molar-refractivity contribution is -0.121. The number of carbonyl (C=O) groups is 1. The molecule has 1 fully saturated rings. The predicted octanol–water partition coefficient (Wildman–Crippen LogP) is 2.88. The Balaban J connectivity index is 0.00000312. The van der Waals surface area contributed by atoms with Gasteiger partial charge in [-0.25, -0.2) is 4.99 Å². The molecule has 0 radical (unpaired) electrons. The molecule has 1 aliphatic carbocycles. The SMILES string of the molecule is CCNC(=NCC(=O)NC(C)(C)C)NCC1CC1c1ccccc1.I. The summed E-state index contributed by atoms with van der Waals surface area (Å²) in [5.74, 6) is 1.93. The van der Waals surface area contributed by atoms with Crippen molar-refractivity contribution in [2.75, 3.05) is 19.6 Å². The zero-order valence-electron chi connectivity index (χ0n) is 15.6. The summed E-state index contributed by atoms with van der Waals surface area (Å²) in [6.45, 7) is 9.72. The van der Waals surface area contributed by atoms with Crippen LogP contribution in [0.4, 0.5) is 0 Å². The van der Waals surface area contributed by atoms with E-state index in [-0.39, 0.29) is 42.0 Å². The van der Waals surface area contributed by atoms with Crippen LogP contribution < -0.4 is 16.0 Å². The van der Waals surface area contributed by atoms with Crippen molar-refractivity contribution in [2.45, 2.75) is 45.6 Å². The smallest absolute Gasteiger partial charge is 0.242 e. The molecule has 5 nitrogen and oxygen atoms in total. The molecule has 0 aliphatic heterocycles. The number of amides is 1. The second-order valence-corrected chi connectivity index (χ2v) is 7.39. The first kappa shape index (κ1) is 21.7. The van der Waals surface area contributed by atoms with E-state index in [1.165, 1.54) is 12.0 Å². The minimum absolute atomic E-state index is 0. The third-order valence-corrected chi connectivity index (χ3v) is 3.92. The Hall–Kier alpha value is -1.31. The van der Waals surface area contributed by atoms with Crippen molar-refractivity contribution in [3.63, 3.8) is 0 Å². The van der Waals surface area contributed by atoms with Gasteiger partial charge < -0.3 is 16.0 Å². The van der Waals surface area contributed by atoms with Crippen molar-refractivity contribution in [3.8, 4) is 0 Å². The van der Waals surface area contributed by atoms with E-state index < -0.39 is 0 Å². The summed E-state index contributed by atoms with van der Waals surface area (Å²) in [4.78, 5) is 16.3. The van der Waals surface area contributed by atoms with Gasteiger partial charge in [0.2, 0.25) is 5.91 Å². The first-order chi connectivity index (χ1) is 11.4. The molecule has 6 heteroatoms. The average molecular weight is 458 g/mol. The van der Waals surface area contributed by atoms with Crippen molar-refractivity contribution < 1.29 is 4.79 Å². The maximum Gasteiger partial charge on any atom is 0.242 e. The number of rotatable bonds is 6. The van der Waals surface area contributed by atoms with Crippen LogP contribution in [-0.2, 0) is 4.79 Å². The molecule has 3 N–H and O–H groups in total. The predicted molar refractivity (Wildman–Crippen MR) is 115 cm³/mol. The molecule has 0 spiro atoms. The Bertz CT molecular complexity index is 569. The van der Waals surface area contributed by atoms with Crippen molar-refractivity contribution >= 4 is 35.8 Å². The zero-order chi connectivity index (χ0) is 17.6. The third kappa shape index (κ3) is 8.07. The molecule has 2 atom stereocenters. The number of hydrogen-bond donors (Lipinski definition) is 3. The van der Waals surface area contributed by atoms with Crippen LogP contribution >= 0.6 is 24.0 Å². The summed E-state index contributed by atoms with van der Waals surface area (Å²) in [5.41, 5.74) is 1.19. The Morgan fingerprint density at radius 1 is 1.20 bits per heavy atom. The highest BCUT2D eigenvalue weighted by Crippen LogP contribution is 2.46. The van der Waals surface area contributed by atoms with Crippen molar-refractivity contribution in [1.29, 1.82) is 0 Å². The van der Waals surface area contributed by atoms with Gasteiger partial charge in [-0.2, -0.15) is 0 Å². The van der Waals surface area contributed by atoms with E-state index in [4.69, 9.17) is 0 Å². The Morgan fingerprint density at radius 3 is 2.48 bits per heavy atom. The second kappa shape index (κ2) is 9.99. The van der Waals surface area contributed by atoms with E-state index in [2.05, 4.69) is 51.3 Å². The summed E-state index contributed by atoms with van der Waals surface area (Å²) in [7, 11) is 0. The fourth-order valence-corrected chi connectivity index (χ4v) is 2.76. The maximum absolute atomic E-state index is 11.9. The summed E-state index contributed by atoms with van der Waals surface area (Å²) in [6, 6.07) is 10.6. The van der Waals surface area contributed by atoms with E-state index in [9.17, 15) is 4.79 Å². The van der Waals surface area contributed by atoms with Crippen LogP contribution in [0.1, 0.15) is 45.6 Å². The lowest BCUT2D eigenvalue weighted by Crippen LogP contribution is -2.43. The number of carbonyl (C=O) groups excluding carboxylic acids is 1. The molecular formula is C19H31IN4O. The normalized spacial score (nSPS) is 19.6. The minimum atomic E-state index is -0.227. The van der Waals surface area contributed by atoms with E-state index in [0.29, 0.717) is 17.8 Å². The zero-order valence-corrected chi connectivity index (χ0v) is 18.0. The number of nitrogens with zero attached hydrogens (tertiary/aromatic N) is 1. The van der Waals surface area contributed by atoms with E-state index in [1.807, 2.05) is 27.7 Å². The summed E-state index contributed by atoms with van der Waals surface area (Å²) in [6.07, 6.45) is 1.21. The monoisotopic (exact) mass is 458 g/mol. The van der Waals surface area contributed by atoms with Crippen molar-refractivity contribution in [2.24, 2.45) is 10.9 Å². The van der Waals surface area contributed by atoms with Crippen LogP contribution in [0.25, 0.3) is 0 Å². The molecule has 0 heterocycles. The summed E-state index contributed by atoms with van der Waals surface area (Å²) in [5, 5.41) is 9.48. The van der Waals surface area contributed by atoms with Gasteiger partial charge in [0.25, 0.3) is 0 Å².